The number of hydrogen-bond donors (Lipinski definition) is 1. The highest BCUT2D eigenvalue weighted by Gasteiger charge is 2.21. The first kappa shape index (κ1) is 17.5. The smallest absolute Gasteiger partial charge is 0.270 e. The van der Waals surface area contributed by atoms with Crippen LogP contribution in [-0.4, -0.2) is 15.5 Å². The van der Waals surface area contributed by atoms with Gasteiger partial charge in [0.2, 0.25) is 0 Å². The van der Waals surface area contributed by atoms with Crippen LogP contribution in [0.3, 0.4) is 0 Å². The van der Waals surface area contributed by atoms with Gasteiger partial charge in [0.1, 0.15) is 11.3 Å². The van der Waals surface area contributed by atoms with Crippen LogP contribution in [0.5, 0.6) is 5.75 Å². The van der Waals surface area contributed by atoms with Gasteiger partial charge in [0.25, 0.3) is 5.56 Å². The van der Waals surface area contributed by atoms with E-state index in [1.807, 2.05) is 48.5 Å². The Morgan fingerprint density at radius 1 is 0.821 bits per heavy atom. The summed E-state index contributed by atoms with van der Waals surface area (Å²) in [6.45, 7) is 0. The van der Waals surface area contributed by atoms with Gasteiger partial charge in [0.05, 0.1) is 5.52 Å². The van der Waals surface area contributed by atoms with Crippen LogP contribution in [0.4, 0.5) is 0 Å². The summed E-state index contributed by atoms with van der Waals surface area (Å²) in [5, 5.41) is 11.1. The second-order valence-electron chi connectivity index (χ2n) is 6.33. The Kier molecular flexibility index (Phi) is 4.60. The van der Waals surface area contributed by atoms with Crippen molar-refractivity contribution in [2.45, 2.75) is 0 Å². The van der Waals surface area contributed by atoms with Crippen molar-refractivity contribution in [3.8, 4) is 11.4 Å². The average molecular weight is 367 g/mol. The lowest BCUT2D eigenvalue weighted by atomic mass is 10.0. The normalized spacial score (nSPS) is 11.1. The lowest BCUT2D eigenvalue weighted by Crippen LogP contribution is -2.25. The van der Waals surface area contributed by atoms with Gasteiger partial charge >= 0.3 is 0 Å². The van der Waals surface area contributed by atoms with Crippen LogP contribution >= 0.6 is 0 Å². The molecule has 0 saturated heterocycles. The Bertz CT molecular complexity index is 1240. The minimum Gasteiger partial charge on any atom is -0.506 e. The second kappa shape index (κ2) is 7.37. The maximum Gasteiger partial charge on any atom is 0.270 e. The quantitative estimate of drug-likeness (QED) is 0.424. The third-order valence-electron chi connectivity index (χ3n) is 4.54. The first-order chi connectivity index (χ1) is 13.7. The predicted octanol–water partition coefficient (Wildman–Crippen LogP) is 4.59. The molecule has 0 aliphatic rings. The summed E-state index contributed by atoms with van der Waals surface area (Å²) >= 11 is 0. The molecular formula is C24H17NO3. The van der Waals surface area contributed by atoms with Crippen LogP contribution in [-0.2, 0) is 0 Å². The summed E-state index contributed by atoms with van der Waals surface area (Å²) < 4.78 is 1.46. The van der Waals surface area contributed by atoms with Crippen LogP contribution < -0.4 is 5.56 Å². The number of allylic oxidation sites excluding steroid dienone is 1. The summed E-state index contributed by atoms with van der Waals surface area (Å²) in [7, 11) is 0. The SMILES string of the molecule is O=C(/C=C/c1ccccc1)c1c(O)c2ccccc2n(-c2ccccc2)c1=O. The summed E-state index contributed by atoms with van der Waals surface area (Å²) in [5.41, 5.74) is 1.21. The molecule has 4 heteroatoms. The van der Waals surface area contributed by atoms with Gasteiger partial charge in [0, 0.05) is 11.1 Å². The fourth-order valence-corrected chi connectivity index (χ4v) is 3.20. The Morgan fingerprint density at radius 3 is 2.14 bits per heavy atom. The van der Waals surface area contributed by atoms with E-state index >= 15 is 0 Å². The van der Waals surface area contributed by atoms with Crippen molar-refractivity contribution < 1.29 is 9.90 Å². The Balaban J connectivity index is 1.93. The number of para-hydroxylation sites is 2. The molecule has 0 unspecified atom stereocenters. The number of carbonyl (C=O) groups excluding carboxylic acids is 1. The van der Waals surface area contributed by atoms with Gasteiger partial charge in [-0.3, -0.25) is 14.2 Å². The highest BCUT2D eigenvalue weighted by molar-refractivity contribution is 6.11. The van der Waals surface area contributed by atoms with Gasteiger partial charge in [-0.1, -0.05) is 66.7 Å². The molecule has 0 aliphatic carbocycles. The zero-order chi connectivity index (χ0) is 19.5. The molecule has 4 aromatic rings. The standard InChI is InChI=1S/C24H17NO3/c26-21(16-15-17-9-3-1-4-10-17)22-23(27)19-13-7-8-14-20(19)25(24(22)28)18-11-5-2-6-12-18/h1-16,27H/b16-15+. The van der Waals surface area contributed by atoms with Crippen molar-refractivity contribution in [1.82, 2.24) is 4.57 Å². The molecule has 0 radical (unpaired) electrons. The van der Waals surface area contributed by atoms with Crippen molar-refractivity contribution in [2.75, 3.05) is 0 Å². The van der Waals surface area contributed by atoms with E-state index < -0.39 is 11.3 Å². The van der Waals surface area contributed by atoms with E-state index in [0.29, 0.717) is 16.6 Å². The van der Waals surface area contributed by atoms with Gasteiger partial charge in [-0.05, 0) is 35.9 Å². The number of aromatic nitrogens is 1. The molecule has 0 amide bonds. The zero-order valence-corrected chi connectivity index (χ0v) is 14.9. The van der Waals surface area contributed by atoms with E-state index in [-0.39, 0.29) is 11.3 Å². The van der Waals surface area contributed by atoms with Crippen molar-refractivity contribution in [3.63, 3.8) is 0 Å². The third kappa shape index (κ3) is 3.12. The minimum atomic E-state index is -0.551. The predicted molar refractivity (Wildman–Crippen MR) is 111 cm³/mol. The fourth-order valence-electron chi connectivity index (χ4n) is 3.20. The molecule has 1 aromatic heterocycles. The lowest BCUT2D eigenvalue weighted by Gasteiger charge is -2.14. The molecule has 4 rings (SSSR count). The van der Waals surface area contributed by atoms with Gasteiger partial charge in [-0.15, -0.1) is 0 Å². The molecule has 136 valence electrons. The van der Waals surface area contributed by atoms with E-state index in [0.717, 1.165) is 5.56 Å². The number of hydrogen-bond acceptors (Lipinski definition) is 3. The van der Waals surface area contributed by atoms with Crippen molar-refractivity contribution >= 4 is 22.8 Å². The van der Waals surface area contributed by atoms with Crippen LogP contribution in [0.1, 0.15) is 15.9 Å². The molecule has 0 spiro atoms. The summed E-state index contributed by atoms with van der Waals surface area (Å²) in [6, 6.07) is 25.4. The number of carbonyl (C=O) groups is 1. The van der Waals surface area contributed by atoms with Crippen molar-refractivity contribution in [1.29, 1.82) is 0 Å². The Labute approximate surface area is 161 Å². The molecule has 1 N–H and O–H groups in total. The maximum absolute atomic E-state index is 13.2. The van der Waals surface area contributed by atoms with Crippen LogP contribution in [0.15, 0.2) is 95.8 Å². The van der Waals surface area contributed by atoms with Gasteiger partial charge in [-0.2, -0.15) is 0 Å². The fraction of sp³-hybridized carbons (Fsp3) is 0. The van der Waals surface area contributed by atoms with Crippen molar-refractivity contribution in [2.24, 2.45) is 0 Å². The number of nitrogens with zero attached hydrogens (tertiary/aromatic N) is 1. The number of aromatic hydroxyl groups is 1. The van der Waals surface area contributed by atoms with E-state index in [1.54, 1.807) is 42.5 Å². The molecule has 0 bridgehead atoms. The zero-order valence-electron chi connectivity index (χ0n) is 14.9. The Morgan fingerprint density at radius 2 is 1.43 bits per heavy atom. The molecule has 0 aliphatic heterocycles. The molecule has 4 nitrogen and oxygen atoms in total. The molecular weight excluding hydrogens is 350 g/mol. The largest absolute Gasteiger partial charge is 0.506 e. The topological polar surface area (TPSA) is 59.3 Å². The molecule has 1 heterocycles. The number of rotatable bonds is 4. The number of ketones is 1. The second-order valence-corrected chi connectivity index (χ2v) is 6.33. The van der Waals surface area contributed by atoms with Crippen LogP contribution in [0.25, 0.3) is 22.7 Å². The van der Waals surface area contributed by atoms with E-state index in [4.69, 9.17) is 0 Å². The van der Waals surface area contributed by atoms with Crippen LogP contribution in [0.2, 0.25) is 0 Å². The van der Waals surface area contributed by atoms with Gasteiger partial charge in [-0.25, -0.2) is 0 Å². The third-order valence-corrected chi connectivity index (χ3v) is 4.54. The highest BCUT2D eigenvalue weighted by Crippen LogP contribution is 2.28. The van der Waals surface area contributed by atoms with Crippen LogP contribution in [0, 0.1) is 0 Å². The maximum atomic E-state index is 13.2. The average Bonchev–Trinajstić information content (AvgIpc) is 2.74. The van der Waals surface area contributed by atoms with Gasteiger partial charge in [0.15, 0.2) is 5.78 Å². The molecule has 0 saturated carbocycles. The number of benzene rings is 3. The monoisotopic (exact) mass is 367 g/mol. The minimum absolute atomic E-state index is 0.241. The summed E-state index contributed by atoms with van der Waals surface area (Å²) in [4.78, 5) is 26.0. The molecule has 0 fully saturated rings. The molecule has 0 atom stereocenters. The van der Waals surface area contributed by atoms with E-state index in [9.17, 15) is 14.7 Å². The summed E-state index contributed by atoms with van der Waals surface area (Å²) in [5.74, 6) is -0.836. The van der Waals surface area contributed by atoms with E-state index in [1.165, 1.54) is 10.6 Å². The highest BCUT2D eigenvalue weighted by atomic mass is 16.3. The lowest BCUT2D eigenvalue weighted by molar-refractivity contribution is 0.104. The Hall–Kier alpha value is -3.92. The van der Waals surface area contributed by atoms with Crippen molar-refractivity contribution in [3.05, 3.63) is 112 Å². The molecule has 28 heavy (non-hydrogen) atoms. The first-order valence-corrected chi connectivity index (χ1v) is 8.86. The first-order valence-electron chi connectivity index (χ1n) is 8.86. The summed E-state index contributed by atoms with van der Waals surface area (Å²) in [6.07, 6.45) is 2.94. The number of pyridine rings is 1. The van der Waals surface area contributed by atoms with E-state index in [2.05, 4.69) is 0 Å². The number of fused-ring (bicyclic) bond motifs is 1. The molecule has 3 aromatic carbocycles. The van der Waals surface area contributed by atoms with Gasteiger partial charge < -0.3 is 5.11 Å².